The quantitative estimate of drug-likeness (QED) is 0.300. The summed E-state index contributed by atoms with van der Waals surface area (Å²) in [6.45, 7) is 2.41. The van der Waals surface area contributed by atoms with Crippen molar-refractivity contribution in [3.63, 3.8) is 0 Å². The Kier molecular flexibility index (Phi) is 8.79. The summed E-state index contributed by atoms with van der Waals surface area (Å²) in [5.74, 6) is 0. The Morgan fingerprint density at radius 2 is 0.783 bits per heavy atom. The van der Waals surface area contributed by atoms with E-state index in [4.69, 9.17) is 0 Å². The summed E-state index contributed by atoms with van der Waals surface area (Å²) in [5.41, 5.74) is 0. The maximum atomic E-state index is 2.41. The van der Waals surface area contributed by atoms with Crippen molar-refractivity contribution in [1.82, 2.24) is 0 Å². The van der Waals surface area contributed by atoms with E-state index < -0.39 is 7.26 Å². The normalized spacial score (nSPS) is 10.7. The van der Waals surface area contributed by atoms with Gasteiger partial charge in [0.05, 0.1) is 6.66 Å². The number of rotatable bonds is 3. The summed E-state index contributed by atoms with van der Waals surface area (Å²) < 4.78 is 0. The third kappa shape index (κ3) is 5.13. The van der Waals surface area contributed by atoms with E-state index in [9.17, 15) is 0 Å². The average molecular weight is 658 g/mol. The molecule has 0 aliphatic heterocycles. The third-order valence-electron chi connectivity index (χ3n) is 3.82. The first-order valence-electron chi connectivity index (χ1n) is 7.14. The molecule has 0 aromatic heterocycles. The average Bonchev–Trinajstić information content (AvgIpc) is 2.64. The molecule has 0 saturated carbocycles. The number of hydrogen-bond donors (Lipinski definition) is 0. The molecule has 0 aliphatic carbocycles. The zero-order valence-corrected chi connectivity index (χ0v) is 20.1. The van der Waals surface area contributed by atoms with Crippen LogP contribution in [-0.2, 0) is 0 Å². The molecule has 0 radical (unpaired) electrons. The SMILES string of the molecule is C[P+](c1ccccc1)(c1ccccc1)c1ccccc1.I[I-]I. The van der Waals surface area contributed by atoms with Crippen molar-refractivity contribution in [1.29, 1.82) is 0 Å². The molecule has 3 aromatic carbocycles. The molecule has 0 bridgehead atoms. The molecule has 4 heteroatoms. The molecule has 0 nitrogen and oxygen atoms in total. The summed E-state index contributed by atoms with van der Waals surface area (Å²) in [6.07, 6.45) is 0. The Balaban J connectivity index is 0.000000595. The van der Waals surface area contributed by atoms with Crippen LogP contribution in [0.25, 0.3) is 0 Å². The molecule has 0 amide bonds. The fourth-order valence-corrected chi connectivity index (χ4v) is 5.83. The van der Waals surface area contributed by atoms with Gasteiger partial charge in [-0.1, -0.05) is 54.6 Å². The first-order chi connectivity index (χ1) is 11.2. The van der Waals surface area contributed by atoms with E-state index >= 15 is 0 Å². The number of hydrogen-bond acceptors (Lipinski definition) is 0. The van der Waals surface area contributed by atoms with Crippen LogP contribution in [0.3, 0.4) is 0 Å². The minimum atomic E-state index is -1.53. The van der Waals surface area contributed by atoms with Crippen molar-refractivity contribution in [3.05, 3.63) is 91.0 Å². The monoisotopic (exact) mass is 658 g/mol. The molecule has 0 aliphatic rings. The number of benzene rings is 3. The van der Waals surface area contributed by atoms with Gasteiger partial charge in [-0.05, 0) is 36.4 Å². The Bertz CT molecular complexity index is 591. The van der Waals surface area contributed by atoms with Gasteiger partial charge in [0.2, 0.25) is 0 Å². The van der Waals surface area contributed by atoms with Crippen molar-refractivity contribution < 1.29 is 13.3 Å². The summed E-state index contributed by atoms with van der Waals surface area (Å²) in [7, 11) is -1.53. The van der Waals surface area contributed by atoms with Crippen LogP contribution in [-0.4, -0.2) is 6.66 Å². The van der Waals surface area contributed by atoms with E-state index in [0.29, 0.717) is 13.3 Å². The van der Waals surface area contributed by atoms with Gasteiger partial charge in [-0.25, -0.2) is 0 Å². The Labute approximate surface area is 169 Å². The molecule has 120 valence electrons. The fraction of sp³-hybridized carbons (Fsp3) is 0.0526. The molecule has 0 fully saturated rings. The van der Waals surface area contributed by atoms with E-state index in [-0.39, 0.29) is 0 Å². The maximum absolute atomic E-state index is 2.41. The van der Waals surface area contributed by atoms with Crippen LogP contribution >= 0.6 is 44.5 Å². The van der Waals surface area contributed by atoms with Gasteiger partial charge in [-0.3, -0.25) is 0 Å². The van der Waals surface area contributed by atoms with Crippen molar-refractivity contribution >= 4 is 60.4 Å². The second kappa shape index (κ2) is 10.3. The Morgan fingerprint density at radius 3 is 1.00 bits per heavy atom. The van der Waals surface area contributed by atoms with Gasteiger partial charge in [0.25, 0.3) is 0 Å². The van der Waals surface area contributed by atoms with Crippen LogP contribution in [0.1, 0.15) is 0 Å². The minimum absolute atomic E-state index is 0.530. The van der Waals surface area contributed by atoms with Gasteiger partial charge >= 0.3 is 50.5 Å². The van der Waals surface area contributed by atoms with Gasteiger partial charge in [0, 0.05) is 0 Å². The van der Waals surface area contributed by atoms with E-state index in [2.05, 4.69) is 135 Å². The van der Waals surface area contributed by atoms with Crippen molar-refractivity contribution in [2.75, 3.05) is 6.66 Å². The molecular weight excluding hydrogens is 640 g/mol. The van der Waals surface area contributed by atoms with Gasteiger partial charge in [-0.15, -0.1) is 0 Å². The van der Waals surface area contributed by atoms with Crippen LogP contribution < -0.4 is 29.2 Å². The molecule has 0 spiro atoms. The Morgan fingerprint density at radius 1 is 0.565 bits per heavy atom. The van der Waals surface area contributed by atoms with E-state index in [0.717, 1.165) is 0 Å². The van der Waals surface area contributed by atoms with E-state index in [1.807, 2.05) is 0 Å². The van der Waals surface area contributed by atoms with Crippen LogP contribution in [0.15, 0.2) is 91.0 Å². The third-order valence-corrected chi connectivity index (χ3v) is 7.81. The summed E-state index contributed by atoms with van der Waals surface area (Å²) in [4.78, 5) is 0. The van der Waals surface area contributed by atoms with Crippen LogP contribution in [0.5, 0.6) is 0 Å². The predicted molar refractivity (Wildman–Crippen MR) is 119 cm³/mol. The zero-order chi connectivity index (χ0) is 16.5. The zero-order valence-electron chi connectivity index (χ0n) is 12.7. The van der Waals surface area contributed by atoms with Crippen LogP contribution in [0.4, 0.5) is 0 Å². The van der Waals surface area contributed by atoms with Crippen molar-refractivity contribution in [2.45, 2.75) is 0 Å². The second-order valence-electron chi connectivity index (χ2n) is 5.07. The van der Waals surface area contributed by atoms with Crippen LogP contribution in [0.2, 0.25) is 0 Å². The first kappa shape index (κ1) is 19.6. The van der Waals surface area contributed by atoms with Crippen LogP contribution in [0, 0.1) is 0 Å². The second-order valence-corrected chi connectivity index (χ2v) is 24.9. The van der Waals surface area contributed by atoms with Gasteiger partial charge in [0.1, 0.15) is 23.2 Å². The predicted octanol–water partition coefficient (Wildman–Crippen LogP) is 2.39. The van der Waals surface area contributed by atoms with E-state index in [1.165, 1.54) is 15.9 Å². The van der Waals surface area contributed by atoms with E-state index in [1.54, 1.807) is 0 Å². The molecule has 23 heavy (non-hydrogen) atoms. The molecular formula is C19H18I3P. The first-order valence-corrected chi connectivity index (χ1v) is 21.9. The molecule has 0 saturated heterocycles. The molecule has 0 N–H and O–H groups in total. The van der Waals surface area contributed by atoms with Gasteiger partial charge < -0.3 is 0 Å². The summed E-state index contributed by atoms with van der Waals surface area (Å²) in [6, 6.07) is 32.6. The number of halogens is 3. The molecule has 0 unspecified atom stereocenters. The Hall–Kier alpha value is 0.280. The standard InChI is InChI=1S/C19H18P.I3/c1-20(17-11-5-2-6-12-17,18-13-7-3-8-14-18)19-15-9-4-10-16-19;1-3-2/h2-16H,1H3;/q+1;-1. The van der Waals surface area contributed by atoms with Crippen molar-refractivity contribution in [2.24, 2.45) is 0 Å². The molecule has 3 rings (SSSR count). The summed E-state index contributed by atoms with van der Waals surface area (Å²) >= 11 is 5.30. The van der Waals surface area contributed by atoms with Crippen molar-refractivity contribution in [3.8, 4) is 0 Å². The fourth-order valence-electron chi connectivity index (χ4n) is 2.63. The topological polar surface area (TPSA) is 0 Å². The van der Waals surface area contributed by atoms with Gasteiger partial charge in [0.15, 0.2) is 0 Å². The molecule has 0 atom stereocenters. The molecule has 3 aromatic rings. The summed E-state index contributed by atoms with van der Waals surface area (Å²) in [5, 5.41) is 4.28. The van der Waals surface area contributed by atoms with Gasteiger partial charge in [-0.2, -0.15) is 0 Å². The molecule has 0 heterocycles.